The first-order valence-corrected chi connectivity index (χ1v) is 13.6. The van der Waals surface area contributed by atoms with Gasteiger partial charge in [-0.15, -0.1) is 11.3 Å². The Bertz CT molecular complexity index is 1680. The summed E-state index contributed by atoms with van der Waals surface area (Å²) in [5, 5.41) is 12.9. The minimum absolute atomic E-state index is 0.0845. The zero-order valence-electron chi connectivity index (χ0n) is 20.3. The Labute approximate surface area is 223 Å². The zero-order valence-corrected chi connectivity index (χ0v) is 22.0. The maximum atomic E-state index is 12.1. The van der Waals surface area contributed by atoms with E-state index in [0.717, 1.165) is 50.2 Å². The molecule has 37 heavy (non-hydrogen) atoms. The molecule has 2 unspecified atom stereocenters. The molecule has 0 N–H and O–H groups in total. The van der Waals surface area contributed by atoms with Crippen LogP contribution in [0.25, 0.3) is 33.3 Å². The first-order chi connectivity index (χ1) is 18.1. The number of esters is 1. The number of benzene rings is 2. The number of methoxy groups -OCH3 is 1. The highest BCUT2D eigenvalue weighted by Gasteiger charge is 2.45. The van der Waals surface area contributed by atoms with Gasteiger partial charge in [-0.1, -0.05) is 35.9 Å². The molecule has 5 nitrogen and oxygen atoms in total. The zero-order chi connectivity index (χ0) is 25.5. The maximum absolute atomic E-state index is 12.1. The number of rotatable bonds is 6. The van der Waals surface area contributed by atoms with Crippen LogP contribution in [0.1, 0.15) is 28.3 Å². The van der Waals surface area contributed by atoms with E-state index in [-0.39, 0.29) is 17.8 Å². The lowest BCUT2D eigenvalue weighted by Gasteiger charge is -2.13. The fourth-order valence-corrected chi connectivity index (χ4v) is 6.62. The monoisotopic (exact) mass is 521 g/mol. The normalized spacial score (nSPS) is 16.5. The van der Waals surface area contributed by atoms with Crippen molar-refractivity contribution in [3.8, 4) is 28.5 Å². The summed E-state index contributed by atoms with van der Waals surface area (Å²) in [5.74, 6) is -0.0715. The lowest BCUT2D eigenvalue weighted by atomic mass is 9.97. The third-order valence-corrected chi connectivity index (χ3v) is 8.73. The van der Waals surface area contributed by atoms with Crippen LogP contribution in [0.5, 0.6) is 0 Å². The van der Waals surface area contributed by atoms with Crippen molar-refractivity contribution < 1.29 is 9.53 Å². The van der Waals surface area contributed by atoms with Crippen molar-refractivity contribution >= 4 is 40.2 Å². The van der Waals surface area contributed by atoms with E-state index in [2.05, 4.69) is 70.5 Å². The number of hydrogen-bond acceptors (Lipinski definition) is 6. The van der Waals surface area contributed by atoms with Gasteiger partial charge in [0, 0.05) is 33.2 Å². The Kier molecular flexibility index (Phi) is 6.07. The second kappa shape index (κ2) is 9.55. The molecule has 2 atom stereocenters. The number of hydrogen-bond donors (Lipinski definition) is 0. The van der Waals surface area contributed by atoms with Crippen LogP contribution in [0.15, 0.2) is 83.3 Å². The number of carbonyl (C=O) groups is 1. The van der Waals surface area contributed by atoms with Crippen LogP contribution in [0.3, 0.4) is 0 Å². The summed E-state index contributed by atoms with van der Waals surface area (Å²) >= 11 is 3.09. The highest BCUT2D eigenvalue weighted by Crippen LogP contribution is 2.50. The highest BCUT2D eigenvalue weighted by molar-refractivity contribution is 7.98. The van der Waals surface area contributed by atoms with Crippen molar-refractivity contribution in [1.82, 2.24) is 8.96 Å². The van der Waals surface area contributed by atoms with Crippen LogP contribution >= 0.6 is 23.3 Å². The topological polar surface area (TPSA) is 67.9 Å². The van der Waals surface area contributed by atoms with Gasteiger partial charge >= 0.3 is 5.97 Å². The van der Waals surface area contributed by atoms with E-state index in [0.29, 0.717) is 4.88 Å². The first-order valence-electron chi connectivity index (χ1n) is 12.0. The molecule has 0 spiro atoms. The van der Waals surface area contributed by atoms with Crippen LogP contribution in [-0.2, 0) is 9.53 Å². The second-order valence-electron chi connectivity index (χ2n) is 9.19. The van der Waals surface area contributed by atoms with Gasteiger partial charge in [0.25, 0.3) is 0 Å². The molecule has 182 valence electrons. The summed E-state index contributed by atoms with van der Waals surface area (Å²) in [7, 11) is 1.45. The van der Waals surface area contributed by atoms with E-state index in [1.165, 1.54) is 24.0 Å². The third-order valence-electron chi connectivity index (χ3n) is 6.86. The van der Waals surface area contributed by atoms with Gasteiger partial charge in [-0.25, -0.2) is 0 Å². The first kappa shape index (κ1) is 23.5. The Hall–Kier alpha value is -3.86. The molecule has 1 saturated carbocycles. The molecule has 0 amide bonds. The van der Waals surface area contributed by atoms with Crippen LogP contribution in [0, 0.1) is 24.2 Å². The molecule has 0 bridgehead atoms. The molecular weight excluding hydrogens is 498 g/mol. The Balaban J connectivity index is 1.58. The fraction of sp³-hybridized carbons (Fsp3) is 0.167. The van der Waals surface area contributed by atoms with Crippen LogP contribution in [0.4, 0.5) is 0 Å². The fourth-order valence-electron chi connectivity index (χ4n) is 4.93. The van der Waals surface area contributed by atoms with Gasteiger partial charge < -0.3 is 4.74 Å². The number of carbonyl (C=O) groups excluding carboxylic acids is 1. The predicted octanol–water partition coefficient (Wildman–Crippen LogP) is 7.44. The number of thiophene rings is 1. The van der Waals surface area contributed by atoms with Crippen molar-refractivity contribution in [2.24, 2.45) is 5.92 Å². The van der Waals surface area contributed by atoms with Crippen molar-refractivity contribution in [3.05, 3.63) is 94.4 Å². The summed E-state index contributed by atoms with van der Waals surface area (Å²) in [6.07, 6.45) is 4.49. The molecule has 1 aliphatic rings. The average molecular weight is 522 g/mol. The number of pyridine rings is 1. The van der Waals surface area contributed by atoms with Gasteiger partial charge in [-0.05, 0) is 72.5 Å². The minimum Gasteiger partial charge on any atom is -0.469 e. The highest BCUT2D eigenvalue weighted by atomic mass is 32.2. The number of nitrogens with zero attached hydrogens (tertiary/aromatic N) is 3. The number of fused-ring (bicyclic) bond motifs is 1. The smallest absolute Gasteiger partial charge is 0.309 e. The predicted molar refractivity (Wildman–Crippen MR) is 148 cm³/mol. The van der Waals surface area contributed by atoms with E-state index in [1.54, 1.807) is 18.1 Å². The molecule has 0 aliphatic heterocycles. The Morgan fingerprint density at radius 2 is 2.03 bits per heavy atom. The number of nitriles is 1. The van der Waals surface area contributed by atoms with E-state index < -0.39 is 0 Å². The quantitative estimate of drug-likeness (QED) is 0.217. The molecule has 0 saturated heterocycles. The van der Waals surface area contributed by atoms with Crippen LogP contribution in [-0.4, -0.2) is 22.0 Å². The summed E-state index contributed by atoms with van der Waals surface area (Å²) in [6.45, 7) is 2.08. The molecule has 3 aromatic heterocycles. The maximum Gasteiger partial charge on any atom is 0.309 e. The van der Waals surface area contributed by atoms with Crippen molar-refractivity contribution in [2.75, 3.05) is 7.11 Å². The van der Waals surface area contributed by atoms with E-state index in [9.17, 15) is 10.1 Å². The van der Waals surface area contributed by atoms with Gasteiger partial charge in [0.15, 0.2) is 0 Å². The summed E-state index contributed by atoms with van der Waals surface area (Å²) in [4.78, 5) is 18.4. The average Bonchev–Trinajstić information content (AvgIpc) is 3.49. The molecule has 6 rings (SSSR count). The molecule has 3 heterocycles. The third kappa shape index (κ3) is 4.22. The molecule has 0 radical (unpaired) electrons. The molecule has 7 heteroatoms. The Morgan fingerprint density at radius 3 is 2.81 bits per heavy atom. The standard InChI is InChI=1S/C30H23N3O2S2/c1-18-6-8-21(9-7-18)37-33-26-17-32-12-10-22(26)28(23-11-13-36-27(23)16-31)29(33)20-5-3-4-19(14-20)24-15-25(24)30(34)35-2/h3-14,17,24-25H,15H2,1-2H3. The minimum atomic E-state index is -0.150. The van der Waals surface area contributed by atoms with Gasteiger partial charge in [0.2, 0.25) is 0 Å². The molecule has 2 aromatic carbocycles. The van der Waals surface area contributed by atoms with Gasteiger partial charge in [-0.3, -0.25) is 13.8 Å². The van der Waals surface area contributed by atoms with Gasteiger partial charge in [0.1, 0.15) is 10.9 Å². The summed E-state index contributed by atoms with van der Waals surface area (Å²) in [6, 6.07) is 23.3. The van der Waals surface area contributed by atoms with Crippen molar-refractivity contribution in [3.63, 3.8) is 0 Å². The van der Waals surface area contributed by atoms with Crippen molar-refractivity contribution in [1.29, 1.82) is 5.26 Å². The molecule has 1 aliphatic carbocycles. The van der Waals surface area contributed by atoms with Crippen LogP contribution in [0.2, 0.25) is 0 Å². The second-order valence-corrected chi connectivity index (χ2v) is 11.1. The van der Waals surface area contributed by atoms with Crippen molar-refractivity contribution in [2.45, 2.75) is 24.2 Å². The largest absolute Gasteiger partial charge is 0.469 e. The summed E-state index contributed by atoms with van der Waals surface area (Å²) < 4.78 is 7.21. The number of ether oxygens (including phenoxy) is 1. The molecule has 1 fully saturated rings. The van der Waals surface area contributed by atoms with E-state index >= 15 is 0 Å². The number of aryl methyl sites for hydroxylation is 1. The van der Waals surface area contributed by atoms with Gasteiger partial charge in [0.05, 0.1) is 30.4 Å². The lowest BCUT2D eigenvalue weighted by molar-refractivity contribution is -0.142. The molecule has 5 aromatic rings. The Morgan fingerprint density at radius 1 is 1.19 bits per heavy atom. The van der Waals surface area contributed by atoms with E-state index in [1.807, 2.05) is 23.7 Å². The lowest BCUT2D eigenvalue weighted by Crippen LogP contribution is -2.03. The summed E-state index contributed by atoms with van der Waals surface area (Å²) in [5.41, 5.74) is 7.31. The SMILES string of the molecule is COC(=O)C1CC1c1cccc(-c2c(-c3ccsc3C#N)c3ccncc3n2Sc2ccc(C)cc2)c1. The van der Waals surface area contributed by atoms with Gasteiger partial charge in [-0.2, -0.15) is 5.26 Å². The van der Waals surface area contributed by atoms with E-state index in [4.69, 9.17) is 4.74 Å². The molecular formula is C30H23N3O2S2. The van der Waals surface area contributed by atoms with Crippen LogP contribution < -0.4 is 0 Å². The number of aromatic nitrogens is 2.